The van der Waals surface area contributed by atoms with E-state index in [1.54, 1.807) is 32.2 Å². The molecule has 0 bridgehead atoms. The highest BCUT2D eigenvalue weighted by atomic mass is 32.1. The van der Waals surface area contributed by atoms with E-state index in [4.69, 9.17) is 14.2 Å². The second-order valence-electron chi connectivity index (χ2n) is 7.25. The average molecular weight is 465 g/mol. The minimum Gasteiger partial charge on any atom is -0.496 e. The first-order chi connectivity index (χ1) is 16.0. The van der Waals surface area contributed by atoms with Gasteiger partial charge in [0.1, 0.15) is 5.75 Å². The predicted molar refractivity (Wildman–Crippen MR) is 128 cm³/mol. The number of nitrogens with zero attached hydrogens (tertiary/aromatic N) is 2. The summed E-state index contributed by atoms with van der Waals surface area (Å²) in [6.45, 7) is 3.03. The Bertz CT molecular complexity index is 1400. The number of ether oxygens (including phenoxy) is 3. The highest BCUT2D eigenvalue weighted by Gasteiger charge is 2.16. The van der Waals surface area contributed by atoms with E-state index in [9.17, 15) is 9.59 Å². The maximum absolute atomic E-state index is 13.2. The average Bonchev–Trinajstić information content (AvgIpc) is 3.17. The molecule has 7 nitrogen and oxygen atoms in total. The van der Waals surface area contributed by atoms with Crippen molar-refractivity contribution in [1.82, 2.24) is 4.57 Å². The van der Waals surface area contributed by atoms with Crippen LogP contribution in [0.4, 0.5) is 0 Å². The fraction of sp³-hybridized carbons (Fsp3) is 0.240. The van der Waals surface area contributed by atoms with E-state index in [2.05, 4.69) is 4.99 Å². The molecular formula is C25H24N2O5S. The molecule has 0 aliphatic rings. The number of fused-ring (bicyclic) bond motifs is 2. The Morgan fingerprint density at radius 1 is 1.03 bits per heavy atom. The van der Waals surface area contributed by atoms with E-state index in [0.29, 0.717) is 41.4 Å². The van der Waals surface area contributed by atoms with E-state index in [-0.39, 0.29) is 5.97 Å². The van der Waals surface area contributed by atoms with Crippen LogP contribution in [0.1, 0.15) is 27.6 Å². The van der Waals surface area contributed by atoms with Gasteiger partial charge in [-0.2, -0.15) is 4.99 Å². The smallest absolute Gasteiger partial charge is 0.338 e. The molecule has 0 fully saturated rings. The third-order valence-electron chi connectivity index (χ3n) is 5.21. The summed E-state index contributed by atoms with van der Waals surface area (Å²) in [5.41, 5.74) is 1.71. The van der Waals surface area contributed by atoms with Crippen molar-refractivity contribution in [1.29, 1.82) is 0 Å². The standard InChI is InChI=1S/C25H24N2O5S/c1-4-32-24(29)18-9-10-20-22(15-18)33-25(27(20)11-12-30-2)26-23(28)19-13-16-7-5-6-8-17(16)14-21(19)31-3/h5-10,13-15H,4,11-12H2,1-3H3. The maximum Gasteiger partial charge on any atom is 0.338 e. The first-order valence-corrected chi connectivity index (χ1v) is 11.3. The van der Waals surface area contributed by atoms with E-state index in [0.717, 1.165) is 21.0 Å². The molecule has 0 radical (unpaired) electrons. The van der Waals surface area contributed by atoms with Gasteiger partial charge in [-0.3, -0.25) is 4.79 Å². The Hall–Kier alpha value is -3.49. The summed E-state index contributed by atoms with van der Waals surface area (Å²) in [6.07, 6.45) is 0. The highest BCUT2D eigenvalue weighted by molar-refractivity contribution is 7.16. The third-order valence-corrected chi connectivity index (χ3v) is 6.25. The van der Waals surface area contributed by atoms with Crippen LogP contribution in [-0.2, 0) is 16.0 Å². The highest BCUT2D eigenvalue weighted by Crippen LogP contribution is 2.27. The first-order valence-electron chi connectivity index (χ1n) is 10.5. The molecule has 170 valence electrons. The number of methoxy groups -OCH3 is 2. The number of hydrogen-bond acceptors (Lipinski definition) is 6. The SMILES string of the molecule is CCOC(=O)c1ccc2c(c1)sc(=NC(=O)c1cc3ccccc3cc1OC)n2CCOC. The van der Waals surface area contributed by atoms with E-state index >= 15 is 0 Å². The second kappa shape index (κ2) is 9.97. The number of aromatic nitrogens is 1. The van der Waals surface area contributed by atoms with Gasteiger partial charge < -0.3 is 18.8 Å². The van der Waals surface area contributed by atoms with Gasteiger partial charge in [0.25, 0.3) is 5.91 Å². The summed E-state index contributed by atoms with van der Waals surface area (Å²) < 4.78 is 18.6. The monoisotopic (exact) mass is 464 g/mol. The van der Waals surface area contributed by atoms with Crippen LogP contribution < -0.4 is 9.54 Å². The minimum atomic E-state index is -0.402. The van der Waals surface area contributed by atoms with Crippen LogP contribution in [0, 0.1) is 0 Å². The van der Waals surface area contributed by atoms with Crippen molar-refractivity contribution in [3.8, 4) is 5.75 Å². The number of thiazole rings is 1. The molecule has 3 aromatic carbocycles. The van der Waals surface area contributed by atoms with Crippen molar-refractivity contribution in [2.45, 2.75) is 13.5 Å². The van der Waals surface area contributed by atoms with Gasteiger partial charge in [0, 0.05) is 13.7 Å². The number of amides is 1. The number of carbonyl (C=O) groups is 2. The van der Waals surface area contributed by atoms with Crippen LogP contribution in [0.5, 0.6) is 5.75 Å². The summed E-state index contributed by atoms with van der Waals surface area (Å²) in [4.78, 5) is 30.4. The maximum atomic E-state index is 13.2. The van der Waals surface area contributed by atoms with Crippen LogP contribution in [0.3, 0.4) is 0 Å². The predicted octanol–water partition coefficient (Wildman–Crippen LogP) is 4.43. The Labute approximate surface area is 194 Å². The lowest BCUT2D eigenvalue weighted by molar-refractivity contribution is 0.0526. The van der Waals surface area contributed by atoms with Crippen LogP contribution in [0.2, 0.25) is 0 Å². The zero-order chi connectivity index (χ0) is 23.4. The van der Waals surface area contributed by atoms with E-state index in [1.807, 2.05) is 41.0 Å². The van der Waals surface area contributed by atoms with Crippen LogP contribution >= 0.6 is 11.3 Å². The Morgan fingerprint density at radius 2 is 1.79 bits per heavy atom. The molecule has 4 rings (SSSR count). The molecule has 1 amide bonds. The van der Waals surface area contributed by atoms with Gasteiger partial charge in [0.2, 0.25) is 0 Å². The fourth-order valence-electron chi connectivity index (χ4n) is 3.60. The van der Waals surface area contributed by atoms with Crippen molar-refractivity contribution in [3.63, 3.8) is 0 Å². The molecule has 4 aromatic rings. The minimum absolute atomic E-state index is 0.303. The largest absolute Gasteiger partial charge is 0.496 e. The van der Waals surface area contributed by atoms with Crippen LogP contribution in [0.15, 0.2) is 59.6 Å². The lowest BCUT2D eigenvalue weighted by atomic mass is 10.1. The molecule has 0 N–H and O–H groups in total. The number of hydrogen-bond donors (Lipinski definition) is 0. The molecule has 8 heteroatoms. The third kappa shape index (κ3) is 4.67. The molecule has 1 heterocycles. The number of benzene rings is 3. The quantitative estimate of drug-likeness (QED) is 0.378. The molecular weight excluding hydrogens is 440 g/mol. The van der Waals surface area contributed by atoms with Gasteiger partial charge in [-0.1, -0.05) is 35.6 Å². The molecule has 0 spiro atoms. The molecule has 0 atom stereocenters. The summed E-state index contributed by atoms with van der Waals surface area (Å²) in [7, 11) is 3.16. The van der Waals surface area contributed by atoms with Crippen molar-refractivity contribution in [3.05, 3.63) is 70.5 Å². The van der Waals surface area contributed by atoms with Gasteiger partial charge in [-0.15, -0.1) is 0 Å². The summed E-state index contributed by atoms with van der Waals surface area (Å²) in [6, 6.07) is 16.7. The second-order valence-corrected chi connectivity index (χ2v) is 8.26. The molecule has 0 saturated carbocycles. The van der Waals surface area contributed by atoms with Gasteiger partial charge in [0.05, 0.1) is 41.7 Å². The van der Waals surface area contributed by atoms with Crippen molar-refractivity contribution < 1.29 is 23.8 Å². The number of rotatable bonds is 7. The van der Waals surface area contributed by atoms with E-state index < -0.39 is 5.91 Å². The summed E-state index contributed by atoms with van der Waals surface area (Å²) >= 11 is 1.34. The Kier molecular flexibility index (Phi) is 6.86. The van der Waals surface area contributed by atoms with Gasteiger partial charge >= 0.3 is 5.97 Å². The van der Waals surface area contributed by atoms with Gasteiger partial charge in [-0.05, 0) is 48.0 Å². The van der Waals surface area contributed by atoms with Crippen LogP contribution in [-0.4, -0.2) is 43.9 Å². The molecule has 0 unspecified atom stereocenters. The van der Waals surface area contributed by atoms with Crippen LogP contribution in [0.25, 0.3) is 21.0 Å². The molecule has 1 aromatic heterocycles. The topological polar surface area (TPSA) is 79.1 Å². The Morgan fingerprint density at radius 3 is 2.48 bits per heavy atom. The summed E-state index contributed by atoms with van der Waals surface area (Å²) in [5.74, 6) is -0.316. The lowest BCUT2D eigenvalue weighted by Crippen LogP contribution is -2.19. The molecule has 0 saturated heterocycles. The fourth-order valence-corrected chi connectivity index (χ4v) is 4.69. The van der Waals surface area contributed by atoms with E-state index in [1.165, 1.54) is 18.4 Å². The zero-order valence-corrected chi connectivity index (χ0v) is 19.5. The van der Waals surface area contributed by atoms with Gasteiger partial charge in [-0.25, -0.2) is 4.79 Å². The number of carbonyl (C=O) groups excluding carboxylic acids is 2. The van der Waals surface area contributed by atoms with Crippen molar-refractivity contribution >= 4 is 44.2 Å². The lowest BCUT2D eigenvalue weighted by Gasteiger charge is -2.08. The normalized spacial score (nSPS) is 11.8. The first kappa shape index (κ1) is 22.7. The molecule has 0 aliphatic heterocycles. The van der Waals surface area contributed by atoms with Gasteiger partial charge in [0.15, 0.2) is 4.80 Å². The zero-order valence-electron chi connectivity index (χ0n) is 18.7. The van der Waals surface area contributed by atoms with Crippen molar-refractivity contribution in [2.24, 2.45) is 4.99 Å². The van der Waals surface area contributed by atoms with Crippen molar-refractivity contribution in [2.75, 3.05) is 27.4 Å². The molecule has 0 aliphatic carbocycles. The molecule has 33 heavy (non-hydrogen) atoms. The summed E-state index contributed by atoms with van der Waals surface area (Å²) in [5, 5.41) is 1.91. The Balaban J connectivity index is 1.83. The number of esters is 1.